The van der Waals surface area contributed by atoms with Gasteiger partial charge in [0.1, 0.15) is 0 Å². The van der Waals surface area contributed by atoms with E-state index in [0.29, 0.717) is 12.8 Å². The Balaban J connectivity index is 5.74. The first-order valence-corrected chi connectivity index (χ1v) is 9.24. The Bertz CT molecular complexity index is 406. The van der Waals surface area contributed by atoms with Gasteiger partial charge in [-0.15, -0.1) is 0 Å². The number of hydrogen-bond donors (Lipinski definition) is 1. The summed E-state index contributed by atoms with van der Waals surface area (Å²) >= 11 is 0. The van der Waals surface area contributed by atoms with E-state index in [1.54, 1.807) is 9.34 Å². The van der Waals surface area contributed by atoms with Crippen molar-refractivity contribution in [3.63, 3.8) is 0 Å². The van der Waals surface area contributed by atoms with Gasteiger partial charge in [0.25, 0.3) is 0 Å². The molecule has 1 unspecified atom stereocenters. The lowest BCUT2D eigenvalue weighted by molar-refractivity contribution is 0.121. The highest BCUT2D eigenvalue weighted by molar-refractivity contribution is 7.53. The van der Waals surface area contributed by atoms with E-state index in [9.17, 15) is 9.46 Å². The predicted molar refractivity (Wildman–Crippen MR) is 87.8 cm³/mol. The van der Waals surface area contributed by atoms with Crippen molar-refractivity contribution in [3.8, 4) is 6.07 Å². The molecule has 0 aliphatic heterocycles. The molecule has 0 spiro atoms. The molecule has 0 aromatic rings. The first kappa shape index (κ1) is 20.6. The minimum absolute atomic E-state index is 0.0335. The van der Waals surface area contributed by atoms with Crippen molar-refractivity contribution in [3.05, 3.63) is 0 Å². The SMILES string of the molecule is CC(C)N(C(C)C)P(=O)(O)N(C(C)C)C(C)(C)CCC#N. The predicted octanol–water partition coefficient (Wildman–Crippen LogP) is 4.00. The highest BCUT2D eigenvalue weighted by Gasteiger charge is 2.46. The Morgan fingerprint density at radius 1 is 1.10 bits per heavy atom. The molecule has 0 aromatic heterocycles. The van der Waals surface area contributed by atoms with Crippen LogP contribution in [0.3, 0.4) is 0 Å². The molecule has 0 saturated carbocycles. The van der Waals surface area contributed by atoms with E-state index in [2.05, 4.69) is 6.07 Å². The van der Waals surface area contributed by atoms with Gasteiger partial charge in [-0.3, -0.25) is 4.57 Å². The summed E-state index contributed by atoms with van der Waals surface area (Å²) in [5, 5.41) is 8.83. The fourth-order valence-electron chi connectivity index (χ4n) is 3.14. The van der Waals surface area contributed by atoms with Crippen LogP contribution in [0.25, 0.3) is 0 Å². The summed E-state index contributed by atoms with van der Waals surface area (Å²) in [5.74, 6) is 0. The van der Waals surface area contributed by atoms with E-state index in [-0.39, 0.29) is 18.1 Å². The standard InChI is InChI=1S/C15H32N3O2P/c1-12(2)17(13(3)4)21(19,20)18(14(5)6)15(7,8)10-9-11-16/h12-14H,9-10H2,1-8H3,(H,19,20). The third-order valence-electron chi connectivity index (χ3n) is 3.60. The lowest BCUT2D eigenvalue weighted by Crippen LogP contribution is -2.51. The second kappa shape index (κ2) is 7.74. The monoisotopic (exact) mass is 317 g/mol. The molecule has 0 aromatic carbocycles. The zero-order valence-corrected chi connectivity index (χ0v) is 15.7. The fourth-order valence-corrected chi connectivity index (χ4v) is 5.97. The number of rotatable bonds is 8. The van der Waals surface area contributed by atoms with Crippen LogP contribution in [0.15, 0.2) is 0 Å². The third-order valence-corrected chi connectivity index (χ3v) is 6.69. The number of hydrogen-bond acceptors (Lipinski definition) is 2. The Morgan fingerprint density at radius 3 is 1.81 bits per heavy atom. The molecule has 1 N–H and O–H groups in total. The maximum Gasteiger partial charge on any atom is 0.344 e. The van der Waals surface area contributed by atoms with Gasteiger partial charge in [-0.05, 0) is 61.8 Å². The van der Waals surface area contributed by atoms with Crippen molar-refractivity contribution in [2.24, 2.45) is 0 Å². The fraction of sp³-hybridized carbons (Fsp3) is 0.933. The van der Waals surface area contributed by atoms with E-state index < -0.39 is 13.2 Å². The molecule has 21 heavy (non-hydrogen) atoms. The summed E-state index contributed by atoms with van der Waals surface area (Å²) in [4.78, 5) is 10.9. The van der Waals surface area contributed by atoms with Gasteiger partial charge in [-0.1, -0.05) is 0 Å². The molecule has 0 rings (SSSR count). The van der Waals surface area contributed by atoms with Crippen LogP contribution in [0, 0.1) is 11.3 Å². The Morgan fingerprint density at radius 2 is 1.52 bits per heavy atom. The van der Waals surface area contributed by atoms with Crippen LogP contribution in [0.4, 0.5) is 0 Å². The second-order valence-electron chi connectivity index (χ2n) is 6.99. The van der Waals surface area contributed by atoms with Gasteiger partial charge in [-0.25, -0.2) is 9.34 Å². The average Bonchev–Trinajstić information content (AvgIpc) is 2.22. The molecule has 1 atom stereocenters. The zero-order chi connectivity index (χ0) is 17.0. The molecule has 0 saturated heterocycles. The van der Waals surface area contributed by atoms with Gasteiger partial charge in [0.15, 0.2) is 0 Å². The van der Waals surface area contributed by atoms with Gasteiger partial charge in [0.2, 0.25) is 0 Å². The smallest absolute Gasteiger partial charge is 0.322 e. The lowest BCUT2D eigenvalue weighted by atomic mass is 9.98. The second-order valence-corrected chi connectivity index (χ2v) is 8.91. The van der Waals surface area contributed by atoms with Gasteiger partial charge in [-0.2, -0.15) is 5.26 Å². The van der Waals surface area contributed by atoms with Crippen LogP contribution in [0.1, 0.15) is 68.2 Å². The summed E-state index contributed by atoms with van der Waals surface area (Å²) in [5.41, 5.74) is -0.518. The molecular weight excluding hydrogens is 285 g/mol. The topological polar surface area (TPSA) is 67.6 Å². The van der Waals surface area contributed by atoms with E-state index in [4.69, 9.17) is 5.26 Å². The van der Waals surface area contributed by atoms with Crippen LogP contribution in [-0.2, 0) is 4.57 Å². The lowest BCUT2D eigenvalue weighted by Gasteiger charge is -2.48. The first-order valence-electron chi connectivity index (χ1n) is 7.68. The summed E-state index contributed by atoms with van der Waals surface area (Å²) in [7, 11) is -3.69. The molecule has 5 nitrogen and oxygen atoms in total. The molecule has 6 heteroatoms. The normalized spacial score (nSPS) is 16.0. The van der Waals surface area contributed by atoms with Crippen molar-refractivity contribution in [1.29, 1.82) is 5.26 Å². The highest BCUT2D eigenvalue weighted by atomic mass is 31.2. The van der Waals surface area contributed by atoms with Crippen LogP contribution < -0.4 is 0 Å². The van der Waals surface area contributed by atoms with Gasteiger partial charge >= 0.3 is 7.67 Å². The van der Waals surface area contributed by atoms with Crippen LogP contribution in [0.2, 0.25) is 0 Å². The van der Waals surface area contributed by atoms with Crippen LogP contribution in [0.5, 0.6) is 0 Å². The van der Waals surface area contributed by atoms with Crippen molar-refractivity contribution < 1.29 is 9.46 Å². The Labute approximate surface area is 130 Å². The van der Waals surface area contributed by atoms with E-state index >= 15 is 0 Å². The number of nitrogens with zero attached hydrogens (tertiary/aromatic N) is 3. The molecule has 0 bridgehead atoms. The largest absolute Gasteiger partial charge is 0.344 e. The van der Waals surface area contributed by atoms with Gasteiger partial charge in [0.05, 0.1) is 6.07 Å². The summed E-state index contributed by atoms with van der Waals surface area (Å²) in [6, 6.07) is 1.98. The molecule has 0 fully saturated rings. The van der Waals surface area contributed by atoms with E-state index in [1.165, 1.54) is 0 Å². The van der Waals surface area contributed by atoms with E-state index in [1.807, 2.05) is 55.4 Å². The van der Waals surface area contributed by atoms with Crippen LogP contribution in [-0.4, -0.2) is 37.9 Å². The van der Waals surface area contributed by atoms with E-state index in [0.717, 1.165) is 0 Å². The van der Waals surface area contributed by atoms with Crippen molar-refractivity contribution >= 4 is 7.67 Å². The first-order chi connectivity index (χ1) is 9.39. The maximum absolute atomic E-state index is 13.3. The highest BCUT2D eigenvalue weighted by Crippen LogP contribution is 2.56. The Kier molecular flexibility index (Phi) is 7.59. The van der Waals surface area contributed by atoms with Crippen LogP contribution >= 0.6 is 7.67 Å². The summed E-state index contributed by atoms with van der Waals surface area (Å²) in [6.07, 6.45) is 0.940. The average molecular weight is 317 g/mol. The van der Waals surface area contributed by atoms with Crippen molar-refractivity contribution in [2.75, 3.05) is 0 Å². The Hall–Kier alpha value is -0.400. The molecule has 0 aliphatic carbocycles. The molecule has 0 aliphatic rings. The zero-order valence-electron chi connectivity index (χ0n) is 14.8. The molecule has 0 amide bonds. The van der Waals surface area contributed by atoms with Crippen molar-refractivity contribution in [1.82, 2.24) is 9.34 Å². The number of nitriles is 1. The summed E-state index contributed by atoms with van der Waals surface area (Å²) < 4.78 is 16.6. The minimum atomic E-state index is -3.69. The van der Waals surface area contributed by atoms with Crippen molar-refractivity contribution in [2.45, 2.75) is 91.9 Å². The minimum Gasteiger partial charge on any atom is -0.322 e. The third kappa shape index (κ3) is 5.07. The maximum atomic E-state index is 13.3. The van der Waals surface area contributed by atoms with Gasteiger partial charge < -0.3 is 4.89 Å². The quantitative estimate of drug-likeness (QED) is 0.685. The summed E-state index contributed by atoms with van der Waals surface area (Å²) in [6.45, 7) is 15.5. The molecule has 0 heterocycles. The molecular formula is C15H32N3O2P. The van der Waals surface area contributed by atoms with Gasteiger partial charge in [0, 0.05) is 30.1 Å². The molecule has 0 radical (unpaired) electrons. The molecule has 124 valence electrons.